The molecule has 0 bridgehead atoms. The number of hydrogen-bond donors (Lipinski definition) is 1. The lowest BCUT2D eigenvalue weighted by Crippen LogP contribution is -2.24. The maximum atomic E-state index is 12.2. The van der Waals surface area contributed by atoms with Crippen LogP contribution in [-0.2, 0) is 11.8 Å². The number of Topliss-reactive ketones (excluding diaryl/α,β-unsaturated/α-hetero) is 1. The van der Waals surface area contributed by atoms with E-state index < -0.39 is 11.7 Å². The number of carbonyl (C=O) groups is 2. The van der Waals surface area contributed by atoms with E-state index in [2.05, 4.69) is 33.0 Å². The predicted octanol–water partition coefficient (Wildman–Crippen LogP) is 2.46. The fraction of sp³-hybridized carbons (Fsp3) is 0.214. The summed E-state index contributed by atoms with van der Waals surface area (Å²) in [6.45, 7) is 3.49. The van der Waals surface area contributed by atoms with Gasteiger partial charge in [-0.25, -0.2) is 0 Å². The number of benzene rings is 1. The number of ketones is 1. The minimum Gasteiger partial charge on any atom is -0.319 e. The van der Waals surface area contributed by atoms with Crippen LogP contribution in [-0.4, -0.2) is 21.5 Å². The van der Waals surface area contributed by atoms with Gasteiger partial charge in [-0.3, -0.25) is 14.3 Å². The zero-order valence-electron chi connectivity index (χ0n) is 11.4. The molecule has 0 fully saturated rings. The molecule has 0 aliphatic carbocycles. The maximum absolute atomic E-state index is 12.2. The average Bonchev–Trinajstić information content (AvgIpc) is 2.62. The molecule has 0 saturated carbocycles. The lowest BCUT2D eigenvalue weighted by atomic mass is 10.1. The van der Waals surface area contributed by atoms with Crippen molar-refractivity contribution in [1.82, 2.24) is 9.78 Å². The lowest BCUT2D eigenvalue weighted by molar-refractivity contribution is -0.112. The molecule has 6 heteroatoms. The first-order chi connectivity index (χ1) is 9.40. The second kappa shape index (κ2) is 5.74. The van der Waals surface area contributed by atoms with Crippen LogP contribution in [0.25, 0.3) is 0 Å². The smallest absolute Gasteiger partial charge is 0.296 e. The zero-order chi connectivity index (χ0) is 14.9. The highest BCUT2D eigenvalue weighted by molar-refractivity contribution is 14.1. The van der Waals surface area contributed by atoms with Gasteiger partial charge in [-0.05, 0) is 54.6 Å². The first kappa shape index (κ1) is 14.7. The molecule has 1 aromatic carbocycles. The molecule has 1 amide bonds. The van der Waals surface area contributed by atoms with E-state index in [9.17, 15) is 9.59 Å². The maximum Gasteiger partial charge on any atom is 0.296 e. The minimum atomic E-state index is -0.647. The summed E-state index contributed by atoms with van der Waals surface area (Å²) in [7, 11) is 1.75. The molecule has 2 aromatic rings. The Hall–Kier alpha value is -1.70. The molecule has 104 valence electrons. The Kier molecular flexibility index (Phi) is 4.22. The van der Waals surface area contributed by atoms with Crippen molar-refractivity contribution in [2.45, 2.75) is 13.8 Å². The number of nitrogens with zero attached hydrogens (tertiary/aromatic N) is 2. The van der Waals surface area contributed by atoms with Gasteiger partial charge in [0, 0.05) is 22.0 Å². The summed E-state index contributed by atoms with van der Waals surface area (Å²) in [5.41, 5.74) is 2.23. The number of aromatic nitrogens is 2. The molecule has 0 atom stereocenters. The number of aryl methyl sites for hydroxylation is 2. The second-order valence-corrected chi connectivity index (χ2v) is 5.71. The van der Waals surface area contributed by atoms with E-state index >= 15 is 0 Å². The molecule has 0 radical (unpaired) electrons. The van der Waals surface area contributed by atoms with E-state index in [-0.39, 0.29) is 0 Å². The number of carbonyl (C=O) groups excluding carboxylic acids is 2. The van der Waals surface area contributed by atoms with Gasteiger partial charge in [0.15, 0.2) is 0 Å². The van der Waals surface area contributed by atoms with Crippen LogP contribution >= 0.6 is 22.6 Å². The first-order valence-electron chi connectivity index (χ1n) is 6.01. The SMILES string of the molecule is Cc1nn(C)c(C)c1C(=O)C(=O)Nc1cccc(I)c1. The Morgan fingerprint density at radius 2 is 2.00 bits per heavy atom. The van der Waals surface area contributed by atoms with Gasteiger partial charge in [0.25, 0.3) is 11.7 Å². The van der Waals surface area contributed by atoms with Gasteiger partial charge in [0.05, 0.1) is 11.3 Å². The van der Waals surface area contributed by atoms with Gasteiger partial charge in [-0.1, -0.05) is 6.07 Å². The van der Waals surface area contributed by atoms with E-state index in [4.69, 9.17) is 0 Å². The Morgan fingerprint density at radius 1 is 1.30 bits per heavy atom. The van der Waals surface area contributed by atoms with E-state index in [0.29, 0.717) is 22.6 Å². The summed E-state index contributed by atoms with van der Waals surface area (Å²) in [5, 5.41) is 6.76. The molecule has 1 heterocycles. The molecule has 0 unspecified atom stereocenters. The normalized spacial score (nSPS) is 10.4. The summed E-state index contributed by atoms with van der Waals surface area (Å²) in [4.78, 5) is 24.3. The van der Waals surface area contributed by atoms with Crippen LogP contribution in [0.3, 0.4) is 0 Å². The standard InChI is InChI=1S/C14H14IN3O2/c1-8-12(9(2)18(3)17-8)13(19)14(20)16-11-6-4-5-10(15)7-11/h4-7H,1-3H3,(H,16,20). The molecule has 0 spiro atoms. The quantitative estimate of drug-likeness (QED) is 0.503. The van der Waals surface area contributed by atoms with E-state index in [1.165, 1.54) is 0 Å². The van der Waals surface area contributed by atoms with E-state index in [1.54, 1.807) is 37.7 Å². The highest BCUT2D eigenvalue weighted by Crippen LogP contribution is 2.16. The van der Waals surface area contributed by atoms with Crippen molar-refractivity contribution < 1.29 is 9.59 Å². The lowest BCUT2D eigenvalue weighted by Gasteiger charge is -2.05. The molecule has 1 N–H and O–H groups in total. The third-order valence-electron chi connectivity index (χ3n) is 3.02. The number of hydrogen-bond acceptors (Lipinski definition) is 3. The summed E-state index contributed by atoms with van der Waals surface area (Å²) in [6.07, 6.45) is 0. The highest BCUT2D eigenvalue weighted by Gasteiger charge is 2.23. The second-order valence-electron chi connectivity index (χ2n) is 4.46. The summed E-state index contributed by atoms with van der Waals surface area (Å²) < 4.78 is 2.59. The Bertz CT molecular complexity index is 692. The molecule has 0 aliphatic rings. The zero-order valence-corrected chi connectivity index (χ0v) is 13.6. The van der Waals surface area contributed by atoms with Crippen LogP contribution in [0.15, 0.2) is 24.3 Å². The fourth-order valence-corrected chi connectivity index (χ4v) is 2.51. The molecule has 0 aliphatic heterocycles. The topological polar surface area (TPSA) is 64.0 Å². The molecule has 5 nitrogen and oxygen atoms in total. The van der Waals surface area contributed by atoms with E-state index in [0.717, 1.165) is 3.57 Å². The largest absolute Gasteiger partial charge is 0.319 e. The number of nitrogens with one attached hydrogen (secondary N) is 1. The van der Waals surface area contributed by atoms with E-state index in [1.807, 2.05) is 12.1 Å². The average molecular weight is 383 g/mol. The van der Waals surface area contributed by atoms with Gasteiger partial charge in [0.2, 0.25) is 0 Å². The van der Waals surface area contributed by atoms with Crippen LogP contribution in [0.5, 0.6) is 0 Å². The Morgan fingerprint density at radius 3 is 2.55 bits per heavy atom. The fourth-order valence-electron chi connectivity index (χ4n) is 1.97. The number of halogens is 1. The van der Waals surface area contributed by atoms with Crippen molar-refractivity contribution >= 4 is 40.0 Å². The molecular weight excluding hydrogens is 369 g/mol. The highest BCUT2D eigenvalue weighted by atomic mass is 127. The number of anilines is 1. The van der Waals surface area contributed by atoms with Crippen molar-refractivity contribution in [3.05, 3.63) is 44.8 Å². The van der Waals surface area contributed by atoms with Crippen molar-refractivity contribution in [3.8, 4) is 0 Å². The van der Waals surface area contributed by atoms with Crippen LogP contribution in [0.4, 0.5) is 5.69 Å². The number of amides is 1. The van der Waals surface area contributed by atoms with Gasteiger partial charge in [0.1, 0.15) is 0 Å². The number of rotatable bonds is 3. The summed E-state index contributed by atoms with van der Waals surface area (Å²) >= 11 is 2.15. The van der Waals surface area contributed by atoms with Crippen molar-refractivity contribution in [1.29, 1.82) is 0 Å². The van der Waals surface area contributed by atoms with Gasteiger partial charge in [-0.2, -0.15) is 5.10 Å². The molecule has 20 heavy (non-hydrogen) atoms. The van der Waals surface area contributed by atoms with Gasteiger partial charge >= 0.3 is 0 Å². The van der Waals surface area contributed by atoms with Crippen molar-refractivity contribution in [2.75, 3.05) is 5.32 Å². The van der Waals surface area contributed by atoms with Crippen molar-refractivity contribution in [3.63, 3.8) is 0 Å². The third-order valence-corrected chi connectivity index (χ3v) is 3.70. The van der Waals surface area contributed by atoms with Crippen LogP contribution in [0.1, 0.15) is 21.7 Å². The third kappa shape index (κ3) is 2.90. The Labute approximate surface area is 130 Å². The van der Waals surface area contributed by atoms with Crippen LogP contribution < -0.4 is 5.32 Å². The summed E-state index contributed by atoms with van der Waals surface area (Å²) in [5.74, 6) is -1.21. The predicted molar refractivity (Wildman–Crippen MR) is 84.8 cm³/mol. The molecule has 0 saturated heterocycles. The monoisotopic (exact) mass is 383 g/mol. The van der Waals surface area contributed by atoms with Crippen LogP contribution in [0, 0.1) is 17.4 Å². The Balaban J connectivity index is 2.23. The van der Waals surface area contributed by atoms with Gasteiger partial charge in [-0.15, -0.1) is 0 Å². The van der Waals surface area contributed by atoms with Gasteiger partial charge < -0.3 is 5.32 Å². The molecule has 2 rings (SSSR count). The first-order valence-corrected chi connectivity index (χ1v) is 7.09. The van der Waals surface area contributed by atoms with Crippen molar-refractivity contribution in [2.24, 2.45) is 7.05 Å². The molecule has 1 aromatic heterocycles. The molecular formula is C14H14IN3O2. The van der Waals surface area contributed by atoms with Crippen LogP contribution in [0.2, 0.25) is 0 Å². The summed E-state index contributed by atoms with van der Waals surface area (Å²) in [6, 6.07) is 7.28. The minimum absolute atomic E-state index is 0.371.